The first kappa shape index (κ1) is 17.7. The Hall–Kier alpha value is -3.14. The van der Waals surface area contributed by atoms with Crippen molar-refractivity contribution in [3.8, 4) is 11.1 Å². The van der Waals surface area contributed by atoms with Crippen LogP contribution in [0.1, 0.15) is 18.2 Å². The Morgan fingerprint density at radius 2 is 1.73 bits per heavy atom. The highest BCUT2D eigenvalue weighted by atomic mass is 16.1. The molecule has 4 nitrogen and oxygen atoms in total. The quantitative estimate of drug-likeness (QED) is 0.717. The molecule has 0 aliphatic heterocycles. The van der Waals surface area contributed by atoms with Gasteiger partial charge < -0.3 is 5.73 Å². The van der Waals surface area contributed by atoms with Gasteiger partial charge in [-0.3, -0.25) is 9.36 Å². The standard InChI is InChI=1S/C22H23N3O/c1-4-22(2,19-14-20(26)25(3)21(23)24-19)15-16-10-12-18(13-11-16)17-8-6-5-7-9-17/h4-14H,1,15H2,2-3H3,(H2,23,24)/t22-/m1/s1. The van der Waals surface area contributed by atoms with Crippen molar-refractivity contribution in [2.75, 3.05) is 5.73 Å². The number of allylic oxidation sites excluding steroid dienone is 1. The Balaban J connectivity index is 1.90. The second-order valence-corrected chi connectivity index (χ2v) is 6.76. The van der Waals surface area contributed by atoms with Crippen molar-refractivity contribution in [1.29, 1.82) is 0 Å². The van der Waals surface area contributed by atoms with Crippen LogP contribution in [0.3, 0.4) is 0 Å². The zero-order valence-corrected chi connectivity index (χ0v) is 15.1. The molecule has 0 spiro atoms. The molecule has 0 bridgehead atoms. The summed E-state index contributed by atoms with van der Waals surface area (Å²) in [5, 5.41) is 0. The highest BCUT2D eigenvalue weighted by molar-refractivity contribution is 5.63. The molecule has 2 aromatic carbocycles. The molecule has 4 heteroatoms. The molecular formula is C22H23N3O. The lowest BCUT2D eigenvalue weighted by atomic mass is 9.80. The summed E-state index contributed by atoms with van der Waals surface area (Å²) < 4.78 is 1.33. The third-order valence-corrected chi connectivity index (χ3v) is 4.84. The molecule has 132 valence electrons. The van der Waals surface area contributed by atoms with Gasteiger partial charge in [-0.25, -0.2) is 4.98 Å². The van der Waals surface area contributed by atoms with Crippen LogP contribution >= 0.6 is 0 Å². The summed E-state index contributed by atoms with van der Waals surface area (Å²) in [7, 11) is 1.61. The summed E-state index contributed by atoms with van der Waals surface area (Å²) in [6.45, 7) is 5.98. The van der Waals surface area contributed by atoms with E-state index in [0.29, 0.717) is 12.1 Å². The van der Waals surface area contributed by atoms with Crippen molar-refractivity contribution in [3.05, 3.63) is 94.9 Å². The van der Waals surface area contributed by atoms with Gasteiger partial charge in [-0.2, -0.15) is 0 Å². The average molecular weight is 345 g/mol. The van der Waals surface area contributed by atoms with E-state index in [9.17, 15) is 4.79 Å². The van der Waals surface area contributed by atoms with Gasteiger partial charge in [0.15, 0.2) is 0 Å². The van der Waals surface area contributed by atoms with Crippen molar-refractivity contribution in [3.63, 3.8) is 0 Å². The summed E-state index contributed by atoms with van der Waals surface area (Å²) >= 11 is 0. The fraction of sp³-hybridized carbons (Fsp3) is 0.182. The molecule has 0 radical (unpaired) electrons. The molecule has 2 N–H and O–H groups in total. The summed E-state index contributed by atoms with van der Waals surface area (Å²) in [6.07, 6.45) is 2.52. The van der Waals surface area contributed by atoms with E-state index in [1.807, 2.05) is 31.2 Å². The van der Waals surface area contributed by atoms with Crippen LogP contribution in [0.25, 0.3) is 11.1 Å². The van der Waals surface area contributed by atoms with E-state index in [-0.39, 0.29) is 11.5 Å². The summed E-state index contributed by atoms with van der Waals surface area (Å²) in [5.41, 5.74) is 9.37. The number of rotatable bonds is 5. The molecule has 0 aliphatic rings. The maximum Gasteiger partial charge on any atom is 0.254 e. The lowest BCUT2D eigenvalue weighted by molar-refractivity contribution is 0.566. The number of anilines is 1. The van der Waals surface area contributed by atoms with E-state index in [1.54, 1.807) is 7.05 Å². The van der Waals surface area contributed by atoms with E-state index in [4.69, 9.17) is 5.73 Å². The molecule has 0 saturated heterocycles. The lowest BCUT2D eigenvalue weighted by Gasteiger charge is -2.26. The lowest BCUT2D eigenvalue weighted by Crippen LogP contribution is -2.29. The van der Waals surface area contributed by atoms with Crippen LogP contribution in [-0.2, 0) is 18.9 Å². The van der Waals surface area contributed by atoms with Crippen molar-refractivity contribution in [1.82, 2.24) is 9.55 Å². The van der Waals surface area contributed by atoms with Gasteiger partial charge >= 0.3 is 0 Å². The van der Waals surface area contributed by atoms with Crippen molar-refractivity contribution in [2.45, 2.75) is 18.8 Å². The molecular weight excluding hydrogens is 322 g/mol. The Kier molecular flexibility index (Phi) is 4.76. The summed E-state index contributed by atoms with van der Waals surface area (Å²) in [6, 6.07) is 20.2. The van der Waals surface area contributed by atoms with Crippen LogP contribution in [0.4, 0.5) is 5.95 Å². The Bertz CT molecular complexity index is 975. The fourth-order valence-corrected chi connectivity index (χ4v) is 2.99. The van der Waals surface area contributed by atoms with Gasteiger partial charge in [0, 0.05) is 18.5 Å². The highest BCUT2D eigenvalue weighted by Crippen LogP contribution is 2.29. The van der Waals surface area contributed by atoms with Crippen LogP contribution in [-0.4, -0.2) is 9.55 Å². The fourth-order valence-electron chi connectivity index (χ4n) is 2.99. The van der Waals surface area contributed by atoms with E-state index in [1.165, 1.54) is 21.8 Å². The van der Waals surface area contributed by atoms with Crippen LogP contribution in [0.15, 0.2) is 78.1 Å². The predicted octanol–water partition coefficient (Wildman–Crippen LogP) is 3.72. The maximum absolute atomic E-state index is 12.1. The monoisotopic (exact) mass is 345 g/mol. The Labute approximate surface area is 153 Å². The van der Waals surface area contributed by atoms with Crippen LogP contribution in [0.2, 0.25) is 0 Å². The second kappa shape index (κ2) is 7.00. The SMILES string of the molecule is C=C[C@](C)(Cc1ccc(-c2ccccc2)cc1)c1cc(=O)n(C)c(N)n1. The first-order valence-electron chi connectivity index (χ1n) is 8.55. The summed E-state index contributed by atoms with van der Waals surface area (Å²) in [5.74, 6) is 0.208. The largest absolute Gasteiger partial charge is 0.369 e. The van der Waals surface area contributed by atoms with Gasteiger partial charge in [-0.1, -0.05) is 67.6 Å². The number of nitrogen functional groups attached to an aromatic ring is 1. The smallest absolute Gasteiger partial charge is 0.254 e. The molecule has 0 saturated carbocycles. The molecule has 1 heterocycles. The van der Waals surface area contributed by atoms with Crippen LogP contribution in [0, 0.1) is 0 Å². The number of aromatic nitrogens is 2. The number of benzene rings is 2. The molecule has 3 aromatic rings. The van der Waals surface area contributed by atoms with Gasteiger partial charge in [0.2, 0.25) is 5.95 Å². The molecule has 0 amide bonds. The van der Waals surface area contributed by atoms with E-state index >= 15 is 0 Å². The number of hydrogen-bond acceptors (Lipinski definition) is 3. The van der Waals surface area contributed by atoms with Gasteiger partial charge in [0.05, 0.1) is 5.69 Å². The van der Waals surface area contributed by atoms with Crippen molar-refractivity contribution < 1.29 is 0 Å². The number of nitrogens with two attached hydrogens (primary N) is 1. The van der Waals surface area contributed by atoms with Gasteiger partial charge in [-0.15, -0.1) is 6.58 Å². The molecule has 26 heavy (non-hydrogen) atoms. The molecule has 3 rings (SSSR count). The van der Waals surface area contributed by atoms with Crippen molar-refractivity contribution >= 4 is 5.95 Å². The van der Waals surface area contributed by atoms with E-state index < -0.39 is 5.41 Å². The average Bonchev–Trinajstić information content (AvgIpc) is 2.67. The number of hydrogen-bond donors (Lipinski definition) is 1. The first-order valence-corrected chi connectivity index (χ1v) is 8.55. The topological polar surface area (TPSA) is 60.9 Å². The number of nitrogens with zero attached hydrogens (tertiary/aromatic N) is 2. The molecule has 1 atom stereocenters. The van der Waals surface area contributed by atoms with Crippen LogP contribution < -0.4 is 11.3 Å². The molecule has 1 aromatic heterocycles. The molecule has 0 unspecified atom stereocenters. The normalized spacial score (nSPS) is 13.2. The van der Waals surface area contributed by atoms with E-state index in [2.05, 4.69) is 48.0 Å². The summed E-state index contributed by atoms with van der Waals surface area (Å²) in [4.78, 5) is 16.5. The Morgan fingerprint density at radius 1 is 1.12 bits per heavy atom. The van der Waals surface area contributed by atoms with Crippen molar-refractivity contribution in [2.24, 2.45) is 7.05 Å². The van der Waals surface area contributed by atoms with Gasteiger partial charge in [-0.05, 0) is 23.1 Å². The third kappa shape index (κ3) is 3.45. The molecule has 0 aliphatic carbocycles. The maximum atomic E-state index is 12.1. The first-order chi connectivity index (χ1) is 12.4. The zero-order chi connectivity index (χ0) is 18.7. The minimum absolute atomic E-state index is 0.167. The predicted molar refractivity (Wildman–Crippen MR) is 107 cm³/mol. The zero-order valence-electron chi connectivity index (χ0n) is 15.1. The Morgan fingerprint density at radius 3 is 2.31 bits per heavy atom. The highest BCUT2D eigenvalue weighted by Gasteiger charge is 2.26. The molecule has 0 fully saturated rings. The van der Waals surface area contributed by atoms with E-state index in [0.717, 1.165) is 5.56 Å². The minimum atomic E-state index is -0.476. The van der Waals surface area contributed by atoms with Gasteiger partial charge in [0.1, 0.15) is 0 Å². The van der Waals surface area contributed by atoms with Crippen LogP contribution in [0.5, 0.6) is 0 Å². The van der Waals surface area contributed by atoms with Gasteiger partial charge in [0.25, 0.3) is 5.56 Å². The second-order valence-electron chi connectivity index (χ2n) is 6.76. The third-order valence-electron chi connectivity index (χ3n) is 4.84. The minimum Gasteiger partial charge on any atom is -0.369 e.